The topological polar surface area (TPSA) is 59.8 Å². The van der Waals surface area contributed by atoms with Gasteiger partial charge in [-0.2, -0.15) is 5.10 Å². The number of hydrogen-bond donors (Lipinski definition) is 1. The fourth-order valence-electron chi connectivity index (χ4n) is 2.90. The molecule has 2 heterocycles. The number of aromatic nitrogens is 3. The molecule has 0 aliphatic rings. The fourth-order valence-corrected chi connectivity index (χ4v) is 3.02. The third-order valence-electron chi connectivity index (χ3n) is 4.34. The van der Waals surface area contributed by atoms with Gasteiger partial charge in [0.2, 0.25) is 0 Å². The second-order valence-electron chi connectivity index (χ2n) is 6.33. The lowest BCUT2D eigenvalue weighted by atomic mass is 10.1. The molecule has 0 aliphatic heterocycles. The molecule has 2 aromatic heterocycles. The van der Waals surface area contributed by atoms with Crippen LogP contribution >= 0.6 is 11.6 Å². The summed E-state index contributed by atoms with van der Waals surface area (Å²) in [5.41, 5.74) is 2.48. The second-order valence-corrected chi connectivity index (χ2v) is 6.76. The summed E-state index contributed by atoms with van der Waals surface area (Å²) in [6.07, 6.45) is 3.35. The van der Waals surface area contributed by atoms with E-state index in [4.69, 9.17) is 11.6 Å². The first kappa shape index (κ1) is 18.8. The molecule has 1 N–H and O–H groups in total. The van der Waals surface area contributed by atoms with Crippen LogP contribution in [0.5, 0.6) is 0 Å². The number of carbonyl (C=O) groups excluding carboxylic acids is 1. The number of pyridine rings is 1. The minimum atomic E-state index is -0.407. The van der Waals surface area contributed by atoms with Gasteiger partial charge in [0.25, 0.3) is 5.91 Å². The van der Waals surface area contributed by atoms with E-state index in [9.17, 15) is 9.18 Å². The molecule has 29 heavy (non-hydrogen) atoms. The zero-order chi connectivity index (χ0) is 20.2. The largest absolute Gasteiger partial charge is 0.347 e. The number of halogens is 2. The first-order valence-electron chi connectivity index (χ1n) is 8.90. The molecule has 0 saturated heterocycles. The number of amides is 1. The minimum absolute atomic E-state index is 0.287. The third kappa shape index (κ3) is 4.17. The molecule has 4 aromatic rings. The van der Waals surface area contributed by atoms with Gasteiger partial charge in [0.15, 0.2) is 0 Å². The Morgan fingerprint density at radius 3 is 2.59 bits per heavy atom. The van der Waals surface area contributed by atoms with E-state index in [2.05, 4.69) is 15.4 Å². The SMILES string of the molecule is O=C(NCc1cccnc1)c1cc(-c2ccccc2F)nn1-c1ccc(Cl)cc1. The summed E-state index contributed by atoms with van der Waals surface area (Å²) in [7, 11) is 0. The van der Waals surface area contributed by atoms with Crippen LogP contribution in [-0.2, 0) is 6.54 Å². The predicted octanol–water partition coefficient (Wildman–Crippen LogP) is 4.66. The summed E-state index contributed by atoms with van der Waals surface area (Å²) in [5, 5.41) is 7.90. The molecule has 144 valence electrons. The van der Waals surface area contributed by atoms with Gasteiger partial charge in [0.05, 0.1) is 11.4 Å². The molecule has 1 amide bonds. The van der Waals surface area contributed by atoms with Gasteiger partial charge in [-0.1, -0.05) is 29.8 Å². The van der Waals surface area contributed by atoms with Crippen molar-refractivity contribution in [1.29, 1.82) is 0 Å². The highest BCUT2D eigenvalue weighted by Crippen LogP contribution is 2.25. The van der Waals surface area contributed by atoms with E-state index in [-0.39, 0.29) is 11.6 Å². The van der Waals surface area contributed by atoms with Gasteiger partial charge >= 0.3 is 0 Å². The van der Waals surface area contributed by atoms with Crippen molar-refractivity contribution in [2.24, 2.45) is 0 Å². The molecule has 0 saturated carbocycles. The number of benzene rings is 2. The van der Waals surface area contributed by atoms with Crippen molar-refractivity contribution in [2.75, 3.05) is 0 Å². The van der Waals surface area contributed by atoms with Crippen LogP contribution in [0, 0.1) is 5.82 Å². The summed E-state index contributed by atoms with van der Waals surface area (Å²) < 4.78 is 15.8. The summed E-state index contributed by atoms with van der Waals surface area (Å²) in [5.74, 6) is -0.741. The molecule has 0 atom stereocenters. The summed E-state index contributed by atoms with van der Waals surface area (Å²) >= 11 is 5.98. The van der Waals surface area contributed by atoms with Crippen molar-refractivity contribution in [2.45, 2.75) is 6.54 Å². The molecule has 5 nitrogen and oxygen atoms in total. The molecule has 0 radical (unpaired) electrons. The molecule has 0 unspecified atom stereocenters. The van der Waals surface area contributed by atoms with Crippen LogP contribution in [0.15, 0.2) is 79.1 Å². The minimum Gasteiger partial charge on any atom is -0.347 e. The van der Waals surface area contributed by atoms with Crippen LogP contribution in [0.3, 0.4) is 0 Å². The number of nitrogens with zero attached hydrogens (tertiary/aromatic N) is 3. The lowest BCUT2D eigenvalue weighted by Gasteiger charge is -2.08. The normalized spacial score (nSPS) is 10.7. The number of carbonyl (C=O) groups is 1. The van der Waals surface area contributed by atoms with E-state index >= 15 is 0 Å². The molecule has 2 aromatic carbocycles. The first-order chi connectivity index (χ1) is 14.1. The van der Waals surface area contributed by atoms with Gasteiger partial charge < -0.3 is 5.32 Å². The van der Waals surface area contributed by atoms with Crippen LogP contribution < -0.4 is 5.32 Å². The lowest BCUT2D eigenvalue weighted by molar-refractivity contribution is 0.0943. The standard InChI is InChI=1S/C22H16ClFN4O/c23-16-7-9-17(10-8-16)28-21(22(29)26-14-15-4-3-11-25-13-15)12-20(27-28)18-5-1-2-6-19(18)24/h1-13H,14H2,(H,26,29). The van der Waals surface area contributed by atoms with E-state index < -0.39 is 5.82 Å². The molecular formula is C22H16ClFN4O. The Bertz CT molecular complexity index is 1140. The van der Waals surface area contributed by atoms with Crippen LogP contribution in [-0.4, -0.2) is 20.7 Å². The monoisotopic (exact) mass is 406 g/mol. The van der Waals surface area contributed by atoms with E-state index in [0.717, 1.165) is 5.56 Å². The fraction of sp³-hybridized carbons (Fsp3) is 0.0455. The van der Waals surface area contributed by atoms with Crippen molar-refractivity contribution >= 4 is 17.5 Å². The Hall–Kier alpha value is -3.51. The molecular weight excluding hydrogens is 391 g/mol. The van der Waals surface area contributed by atoms with Crippen LogP contribution in [0.4, 0.5) is 4.39 Å². The highest BCUT2D eigenvalue weighted by Gasteiger charge is 2.19. The van der Waals surface area contributed by atoms with Crippen LogP contribution in [0.1, 0.15) is 16.1 Å². The zero-order valence-electron chi connectivity index (χ0n) is 15.2. The molecule has 0 fully saturated rings. The number of rotatable bonds is 5. The van der Waals surface area contributed by atoms with Gasteiger partial charge in [0, 0.05) is 29.5 Å². The van der Waals surface area contributed by atoms with Gasteiger partial charge in [0.1, 0.15) is 11.5 Å². The van der Waals surface area contributed by atoms with E-state index in [1.807, 2.05) is 6.07 Å². The number of nitrogens with one attached hydrogen (secondary N) is 1. The Morgan fingerprint density at radius 1 is 1.07 bits per heavy atom. The molecule has 4 rings (SSSR count). The molecule has 0 spiro atoms. The molecule has 7 heteroatoms. The predicted molar refractivity (Wildman–Crippen MR) is 109 cm³/mol. The molecule has 0 aliphatic carbocycles. The Labute approximate surface area is 171 Å². The summed E-state index contributed by atoms with van der Waals surface area (Å²) in [6.45, 7) is 0.313. The van der Waals surface area contributed by atoms with Crippen molar-refractivity contribution < 1.29 is 9.18 Å². The maximum atomic E-state index is 14.3. The van der Waals surface area contributed by atoms with E-state index in [1.165, 1.54) is 10.7 Å². The average Bonchev–Trinajstić information content (AvgIpc) is 3.19. The highest BCUT2D eigenvalue weighted by atomic mass is 35.5. The summed E-state index contributed by atoms with van der Waals surface area (Å²) in [6, 6.07) is 18.5. The zero-order valence-corrected chi connectivity index (χ0v) is 16.0. The quantitative estimate of drug-likeness (QED) is 0.524. The number of hydrogen-bond acceptors (Lipinski definition) is 3. The van der Waals surface area contributed by atoms with Gasteiger partial charge in [-0.05, 0) is 54.1 Å². The van der Waals surface area contributed by atoms with Crippen molar-refractivity contribution in [1.82, 2.24) is 20.1 Å². The average molecular weight is 407 g/mol. The highest BCUT2D eigenvalue weighted by molar-refractivity contribution is 6.30. The van der Waals surface area contributed by atoms with Crippen molar-refractivity contribution in [3.05, 3.63) is 101 Å². The smallest absolute Gasteiger partial charge is 0.270 e. The van der Waals surface area contributed by atoms with Gasteiger partial charge in [-0.3, -0.25) is 9.78 Å². The maximum Gasteiger partial charge on any atom is 0.270 e. The Kier molecular flexibility index (Phi) is 5.35. The Morgan fingerprint density at radius 2 is 1.86 bits per heavy atom. The summed E-state index contributed by atoms with van der Waals surface area (Å²) in [4.78, 5) is 16.9. The Balaban J connectivity index is 1.71. The third-order valence-corrected chi connectivity index (χ3v) is 4.59. The van der Waals surface area contributed by atoms with Gasteiger partial charge in [-0.25, -0.2) is 9.07 Å². The van der Waals surface area contributed by atoms with Gasteiger partial charge in [-0.15, -0.1) is 0 Å². The van der Waals surface area contributed by atoms with Crippen LogP contribution in [0.2, 0.25) is 5.02 Å². The van der Waals surface area contributed by atoms with Crippen LogP contribution in [0.25, 0.3) is 16.9 Å². The van der Waals surface area contributed by atoms with Crippen molar-refractivity contribution in [3.63, 3.8) is 0 Å². The molecule has 0 bridgehead atoms. The maximum absolute atomic E-state index is 14.3. The van der Waals surface area contributed by atoms with E-state index in [1.54, 1.807) is 67.0 Å². The second kappa shape index (κ2) is 8.24. The van der Waals surface area contributed by atoms with Crippen molar-refractivity contribution in [3.8, 4) is 16.9 Å². The first-order valence-corrected chi connectivity index (χ1v) is 9.27. The van der Waals surface area contributed by atoms with E-state index in [0.29, 0.717) is 28.5 Å². The lowest BCUT2D eigenvalue weighted by Crippen LogP contribution is -2.25.